The van der Waals surface area contributed by atoms with Crippen LogP contribution in [0, 0.1) is 23.0 Å². The molecule has 4 aromatic rings. The maximum atomic E-state index is 14.8. The molecule has 1 aliphatic rings. The Kier molecular flexibility index (Phi) is 5.51. The van der Waals surface area contributed by atoms with Crippen molar-refractivity contribution in [1.82, 2.24) is 9.38 Å². The number of aromatic nitrogens is 2. The smallest absolute Gasteiger partial charge is 0.356 e. The van der Waals surface area contributed by atoms with E-state index >= 15 is 0 Å². The number of carbonyl (C=O) groups is 1. The van der Waals surface area contributed by atoms with Gasteiger partial charge in [-0.2, -0.15) is 5.26 Å². The first-order chi connectivity index (χ1) is 16.9. The van der Waals surface area contributed by atoms with Crippen LogP contribution >= 0.6 is 0 Å². The molecule has 3 heterocycles. The number of imidazole rings is 1. The number of pyridine rings is 1. The fourth-order valence-corrected chi connectivity index (χ4v) is 4.38. The maximum absolute atomic E-state index is 14.8. The number of hydrogen-bond acceptors (Lipinski definition) is 5. The van der Waals surface area contributed by atoms with Crippen LogP contribution in [0.4, 0.5) is 8.78 Å². The molecule has 1 atom stereocenters. The van der Waals surface area contributed by atoms with Gasteiger partial charge in [-0.25, -0.2) is 18.6 Å². The largest absolute Gasteiger partial charge is 0.488 e. The van der Waals surface area contributed by atoms with Crippen molar-refractivity contribution in [2.45, 2.75) is 19.1 Å². The van der Waals surface area contributed by atoms with Crippen LogP contribution in [-0.2, 0) is 6.61 Å². The number of benzene rings is 2. The minimum absolute atomic E-state index is 0.0227. The number of rotatable bonds is 4. The molecule has 2 aromatic carbocycles. The summed E-state index contributed by atoms with van der Waals surface area (Å²) in [6.07, 6.45) is 1.26. The third kappa shape index (κ3) is 3.80. The SMILES string of the molecule is N#CCC=C1c2ccccc2COc2cc(F)cc(C(O)c3c(C(=O)O)nc4cc(F)ccn34)c21. The number of ether oxygens (including phenoxy) is 1. The minimum atomic E-state index is -1.68. The van der Waals surface area contributed by atoms with E-state index in [4.69, 9.17) is 4.74 Å². The number of nitrogens with zero attached hydrogens (tertiary/aromatic N) is 3. The molecular formula is C26H17F2N3O4. The van der Waals surface area contributed by atoms with Gasteiger partial charge < -0.3 is 14.9 Å². The predicted octanol–water partition coefficient (Wildman–Crippen LogP) is 4.63. The third-order valence-corrected chi connectivity index (χ3v) is 5.84. The van der Waals surface area contributed by atoms with E-state index in [1.54, 1.807) is 6.08 Å². The number of nitriles is 1. The average molecular weight is 473 g/mol. The molecule has 5 rings (SSSR count). The number of hydrogen-bond donors (Lipinski definition) is 2. The Morgan fingerprint density at radius 3 is 2.80 bits per heavy atom. The zero-order chi connectivity index (χ0) is 24.7. The highest BCUT2D eigenvalue weighted by atomic mass is 19.1. The van der Waals surface area contributed by atoms with Crippen LogP contribution in [0.5, 0.6) is 5.75 Å². The van der Waals surface area contributed by atoms with Crippen molar-refractivity contribution in [3.8, 4) is 11.8 Å². The molecule has 9 heteroatoms. The molecule has 2 N–H and O–H groups in total. The molecule has 0 saturated carbocycles. The molecule has 0 spiro atoms. The number of carboxylic acids is 1. The molecule has 2 aromatic heterocycles. The van der Waals surface area contributed by atoms with Gasteiger partial charge in [0, 0.05) is 29.5 Å². The fraction of sp³-hybridized carbons (Fsp3) is 0.115. The summed E-state index contributed by atoms with van der Waals surface area (Å²) >= 11 is 0. The van der Waals surface area contributed by atoms with Crippen molar-refractivity contribution in [1.29, 1.82) is 5.26 Å². The van der Waals surface area contributed by atoms with Crippen LogP contribution in [0.2, 0.25) is 0 Å². The van der Waals surface area contributed by atoms with Crippen molar-refractivity contribution in [2.75, 3.05) is 0 Å². The highest BCUT2D eigenvalue weighted by Gasteiger charge is 2.31. The van der Waals surface area contributed by atoms with Gasteiger partial charge in [0.2, 0.25) is 0 Å². The first-order valence-corrected chi connectivity index (χ1v) is 10.6. The van der Waals surface area contributed by atoms with E-state index < -0.39 is 29.4 Å². The standard InChI is InChI=1S/C26H17F2N3O4/c27-15-7-9-31-21(12-15)30-23(26(33)34)24(31)25(32)19-10-16(28)11-20-22(19)18(6-3-8-29)17-5-2-1-4-14(17)13-35-20/h1-2,4-7,9-12,25,32H,3,13H2,(H,33,34). The Bertz CT molecular complexity index is 1570. The van der Waals surface area contributed by atoms with E-state index in [0.29, 0.717) is 11.1 Å². The van der Waals surface area contributed by atoms with E-state index in [1.807, 2.05) is 24.3 Å². The summed E-state index contributed by atoms with van der Waals surface area (Å²) in [6, 6.07) is 13.8. The Hall–Kier alpha value is -4.55. The molecule has 0 fully saturated rings. The van der Waals surface area contributed by atoms with Gasteiger partial charge in [0.1, 0.15) is 35.7 Å². The van der Waals surface area contributed by atoms with Crippen molar-refractivity contribution < 1.29 is 28.5 Å². The number of carboxylic acid groups (broad SMARTS) is 1. The molecule has 0 aliphatic carbocycles. The second-order valence-corrected chi connectivity index (χ2v) is 7.92. The highest BCUT2D eigenvalue weighted by molar-refractivity contribution is 5.90. The predicted molar refractivity (Wildman–Crippen MR) is 121 cm³/mol. The lowest BCUT2D eigenvalue weighted by molar-refractivity contribution is 0.0685. The second kappa shape index (κ2) is 8.66. The van der Waals surface area contributed by atoms with Gasteiger partial charge in [0.25, 0.3) is 0 Å². The number of allylic oxidation sites excluding steroid dienone is 1. The van der Waals surface area contributed by atoms with Gasteiger partial charge in [0.15, 0.2) is 5.69 Å². The van der Waals surface area contributed by atoms with Crippen LogP contribution in [0.25, 0.3) is 11.2 Å². The summed E-state index contributed by atoms with van der Waals surface area (Å²) in [7, 11) is 0. The quantitative estimate of drug-likeness (QED) is 0.448. The van der Waals surface area contributed by atoms with Crippen molar-refractivity contribution in [3.05, 3.63) is 106 Å². The number of halogens is 2. The molecule has 35 heavy (non-hydrogen) atoms. The molecule has 174 valence electrons. The summed E-state index contributed by atoms with van der Waals surface area (Å²) < 4.78 is 35.7. The van der Waals surface area contributed by atoms with Crippen LogP contribution in [-0.4, -0.2) is 25.6 Å². The summed E-state index contributed by atoms with van der Waals surface area (Å²) in [5, 5.41) is 30.5. The van der Waals surface area contributed by atoms with Gasteiger partial charge in [-0.1, -0.05) is 30.3 Å². The topological polar surface area (TPSA) is 108 Å². The molecule has 0 amide bonds. The average Bonchev–Trinajstić information content (AvgIpc) is 3.14. The number of aromatic carboxylic acids is 1. The third-order valence-electron chi connectivity index (χ3n) is 5.84. The Morgan fingerprint density at radius 2 is 2.03 bits per heavy atom. The number of aliphatic hydroxyl groups excluding tert-OH is 1. The zero-order valence-electron chi connectivity index (χ0n) is 18.1. The fourth-order valence-electron chi connectivity index (χ4n) is 4.38. The number of fused-ring (bicyclic) bond motifs is 3. The van der Waals surface area contributed by atoms with Crippen molar-refractivity contribution in [2.24, 2.45) is 0 Å². The summed E-state index contributed by atoms with van der Waals surface area (Å²) in [5.41, 5.74) is 1.73. The highest BCUT2D eigenvalue weighted by Crippen LogP contribution is 2.43. The maximum Gasteiger partial charge on any atom is 0.356 e. The van der Waals surface area contributed by atoms with Gasteiger partial charge in [-0.05, 0) is 28.8 Å². The van der Waals surface area contributed by atoms with E-state index in [1.165, 1.54) is 16.7 Å². The minimum Gasteiger partial charge on any atom is -0.488 e. The van der Waals surface area contributed by atoms with Gasteiger partial charge in [-0.3, -0.25) is 4.40 Å². The molecule has 7 nitrogen and oxygen atoms in total. The lowest BCUT2D eigenvalue weighted by atomic mass is 9.87. The molecule has 0 radical (unpaired) electrons. The number of aliphatic hydroxyl groups is 1. The Balaban J connectivity index is 1.80. The van der Waals surface area contributed by atoms with E-state index in [9.17, 15) is 29.1 Å². The molecule has 0 bridgehead atoms. The summed E-state index contributed by atoms with van der Waals surface area (Å²) in [4.78, 5) is 15.9. The monoisotopic (exact) mass is 473 g/mol. The first-order valence-electron chi connectivity index (χ1n) is 10.6. The molecule has 1 unspecified atom stereocenters. The van der Waals surface area contributed by atoms with E-state index in [-0.39, 0.29) is 35.7 Å². The van der Waals surface area contributed by atoms with Crippen LogP contribution in [0.1, 0.15) is 51.0 Å². The first kappa shape index (κ1) is 22.3. The zero-order valence-corrected chi connectivity index (χ0v) is 18.1. The van der Waals surface area contributed by atoms with Gasteiger partial charge >= 0.3 is 5.97 Å². The van der Waals surface area contributed by atoms with E-state index in [2.05, 4.69) is 11.1 Å². The molecule has 0 saturated heterocycles. The van der Waals surface area contributed by atoms with Crippen LogP contribution in [0.3, 0.4) is 0 Å². The van der Waals surface area contributed by atoms with Crippen LogP contribution in [0.15, 0.2) is 60.8 Å². The lowest BCUT2D eigenvalue weighted by Crippen LogP contribution is -2.13. The Labute approximate surface area is 197 Å². The van der Waals surface area contributed by atoms with Crippen molar-refractivity contribution >= 4 is 17.2 Å². The molecule has 1 aliphatic heterocycles. The lowest BCUT2D eigenvalue weighted by Gasteiger charge is -2.20. The Morgan fingerprint density at radius 1 is 1.23 bits per heavy atom. The van der Waals surface area contributed by atoms with Crippen molar-refractivity contribution in [3.63, 3.8) is 0 Å². The summed E-state index contributed by atoms with van der Waals surface area (Å²) in [6.45, 7) is 0.126. The van der Waals surface area contributed by atoms with E-state index in [0.717, 1.165) is 29.3 Å². The normalized spacial score (nSPS) is 14.5. The summed E-state index contributed by atoms with van der Waals surface area (Å²) in [5.74, 6) is -2.64. The van der Waals surface area contributed by atoms with Gasteiger partial charge in [-0.15, -0.1) is 0 Å². The second-order valence-electron chi connectivity index (χ2n) is 7.92. The van der Waals surface area contributed by atoms with Crippen LogP contribution < -0.4 is 4.74 Å². The molecular weight excluding hydrogens is 456 g/mol. The van der Waals surface area contributed by atoms with Gasteiger partial charge in [0.05, 0.1) is 18.2 Å².